The largest absolute Gasteiger partial charge is 0.322 e. The molecule has 0 saturated carbocycles. The van der Waals surface area contributed by atoms with E-state index >= 15 is 0 Å². The van der Waals surface area contributed by atoms with Crippen LogP contribution < -0.4 is 9.62 Å². The first kappa shape index (κ1) is 17.3. The minimum absolute atomic E-state index is 0.254. The lowest BCUT2D eigenvalue weighted by Gasteiger charge is -2.18. The summed E-state index contributed by atoms with van der Waals surface area (Å²) in [6.45, 7) is 1.96. The molecule has 1 N–H and O–H groups in total. The van der Waals surface area contributed by atoms with Crippen molar-refractivity contribution >= 4 is 38.9 Å². The molecular weight excluding hydrogens is 336 g/mol. The maximum absolute atomic E-state index is 12.3. The molecular formula is C16H17ClN2O3S. The molecule has 1 amide bonds. The van der Waals surface area contributed by atoms with E-state index in [9.17, 15) is 13.2 Å². The van der Waals surface area contributed by atoms with Gasteiger partial charge in [-0.15, -0.1) is 0 Å². The van der Waals surface area contributed by atoms with Gasteiger partial charge < -0.3 is 5.32 Å². The Bertz CT molecular complexity index is 833. The number of aryl methyl sites for hydroxylation is 1. The predicted molar refractivity (Wildman–Crippen MR) is 93.8 cm³/mol. The fourth-order valence-electron chi connectivity index (χ4n) is 1.91. The maximum Gasteiger partial charge on any atom is 0.255 e. The molecule has 122 valence electrons. The van der Waals surface area contributed by atoms with E-state index in [2.05, 4.69) is 5.32 Å². The van der Waals surface area contributed by atoms with Crippen molar-refractivity contribution in [2.45, 2.75) is 6.92 Å². The van der Waals surface area contributed by atoms with Gasteiger partial charge in [-0.1, -0.05) is 29.3 Å². The van der Waals surface area contributed by atoms with Gasteiger partial charge in [0.2, 0.25) is 10.0 Å². The van der Waals surface area contributed by atoms with Crippen LogP contribution in [0.2, 0.25) is 5.02 Å². The van der Waals surface area contributed by atoms with Gasteiger partial charge in [0.15, 0.2) is 0 Å². The molecule has 0 aliphatic carbocycles. The Kier molecular flexibility index (Phi) is 4.97. The molecule has 0 spiro atoms. The van der Waals surface area contributed by atoms with Gasteiger partial charge in [0.05, 0.1) is 17.0 Å². The number of carbonyl (C=O) groups is 1. The highest BCUT2D eigenvalue weighted by molar-refractivity contribution is 7.92. The zero-order valence-electron chi connectivity index (χ0n) is 13.0. The zero-order valence-corrected chi connectivity index (χ0v) is 14.6. The fourth-order valence-corrected chi connectivity index (χ4v) is 2.72. The van der Waals surface area contributed by atoms with Crippen LogP contribution in [0.25, 0.3) is 0 Å². The molecule has 5 nitrogen and oxygen atoms in total. The second-order valence-electron chi connectivity index (χ2n) is 5.22. The normalized spacial score (nSPS) is 11.1. The molecule has 0 aliphatic heterocycles. The van der Waals surface area contributed by atoms with Crippen LogP contribution in [-0.4, -0.2) is 27.6 Å². The van der Waals surface area contributed by atoms with Gasteiger partial charge in [-0.3, -0.25) is 9.10 Å². The van der Waals surface area contributed by atoms with Crippen LogP contribution >= 0.6 is 11.6 Å². The zero-order chi connectivity index (χ0) is 17.2. The van der Waals surface area contributed by atoms with Crippen LogP contribution in [0.3, 0.4) is 0 Å². The minimum atomic E-state index is -3.47. The van der Waals surface area contributed by atoms with Gasteiger partial charge in [0, 0.05) is 18.3 Å². The lowest BCUT2D eigenvalue weighted by atomic mass is 10.1. The van der Waals surface area contributed by atoms with E-state index in [0.29, 0.717) is 11.3 Å². The number of rotatable bonds is 4. The third-order valence-electron chi connectivity index (χ3n) is 3.35. The van der Waals surface area contributed by atoms with E-state index in [0.717, 1.165) is 16.1 Å². The van der Waals surface area contributed by atoms with Gasteiger partial charge >= 0.3 is 0 Å². The second-order valence-corrected chi connectivity index (χ2v) is 7.64. The van der Waals surface area contributed by atoms with Gasteiger partial charge in [-0.2, -0.15) is 0 Å². The van der Waals surface area contributed by atoms with Crippen molar-refractivity contribution in [1.29, 1.82) is 0 Å². The summed E-state index contributed by atoms with van der Waals surface area (Å²) in [7, 11) is -2.08. The first-order chi connectivity index (χ1) is 10.7. The average molecular weight is 353 g/mol. The van der Waals surface area contributed by atoms with Crippen LogP contribution in [-0.2, 0) is 10.0 Å². The number of amides is 1. The molecule has 0 saturated heterocycles. The summed E-state index contributed by atoms with van der Waals surface area (Å²) in [5.74, 6) is -0.339. The molecule has 0 aromatic heterocycles. The topological polar surface area (TPSA) is 66.5 Å². The molecule has 7 heteroatoms. The van der Waals surface area contributed by atoms with Crippen molar-refractivity contribution in [3.8, 4) is 0 Å². The SMILES string of the molecule is Cc1ccc(NC(=O)c2ccc(Cl)c(N(C)S(C)(=O)=O)c2)cc1. The molecule has 0 atom stereocenters. The summed E-state index contributed by atoms with van der Waals surface area (Å²) in [5.41, 5.74) is 2.33. The maximum atomic E-state index is 12.3. The standard InChI is InChI=1S/C16H17ClN2O3S/c1-11-4-7-13(8-5-11)18-16(20)12-6-9-14(17)15(10-12)19(2)23(3,21)22/h4-10H,1-3H3,(H,18,20). The molecule has 0 unspecified atom stereocenters. The highest BCUT2D eigenvalue weighted by Gasteiger charge is 2.17. The Hall–Kier alpha value is -2.05. The number of nitrogens with one attached hydrogen (secondary N) is 1. The van der Waals surface area contributed by atoms with Crippen molar-refractivity contribution in [3.63, 3.8) is 0 Å². The summed E-state index contributed by atoms with van der Waals surface area (Å²) in [6, 6.07) is 11.9. The molecule has 0 bridgehead atoms. The first-order valence-corrected chi connectivity index (χ1v) is 9.02. The van der Waals surface area contributed by atoms with Crippen LogP contribution in [0.1, 0.15) is 15.9 Å². The first-order valence-electron chi connectivity index (χ1n) is 6.80. The van der Waals surface area contributed by atoms with Crippen molar-refractivity contribution < 1.29 is 13.2 Å². The van der Waals surface area contributed by atoms with Crippen LogP contribution in [0.5, 0.6) is 0 Å². The van der Waals surface area contributed by atoms with E-state index in [4.69, 9.17) is 11.6 Å². The summed E-state index contributed by atoms with van der Waals surface area (Å²) >= 11 is 6.04. The molecule has 0 heterocycles. The molecule has 2 rings (SSSR count). The molecule has 0 aliphatic rings. The van der Waals surface area contributed by atoms with Gasteiger partial charge in [0.25, 0.3) is 5.91 Å². The second kappa shape index (κ2) is 6.60. The van der Waals surface area contributed by atoms with Crippen molar-refractivity contribution in [2.75, 3.05) is 22.9 Å². The predicted octanol–water partition coefficient (Wildman–Crippen LogP) is 3.30. The molecule has 0 fully saturated rings. The Morgan fingerprint density at radius 2 is 1.74 bits per heavy atom. The Balaban J connectivity index is 2.29. The number of hydrogen-bond donors (Lipinski definition) is 1. The third-order valence-corrected chi connectivity index (χ3v) is 4.87. The Morgan fingerprint density at radius 3 is 2.30 bits per heavy atom. The molecule has 23 heavy (non-hydrogen) atoms. The summed E-state index contributed by atoms with van der Waals surface area (Å²) < 4.78 is 24.3. The lowest BCUT2D eigenvalue weighted by molar-refractivity contribution is 0.102. The van der Waals surface area contributed by atoms with Crippen molar-refractivity contribution in [3.05, 3.63) is 58.6 Å². The number of benzene rings is 2. The molecule has 2 aromatic carbocycles. The van der Waals surface area contributed by atoms with Gasteiger partial charge in [-0.25, -0.2) is 8.42 Å². The number of anilines is 2. The van der Waals surface area contributed by atoms with Gasteiger partial charge in [-0.05, 0) is 37.3 Å². The van der Waals surface area contributed by atoms with E-state index in [1.165, 1.54) is 19.2 Å². The number of sulfonamides is 1. The van der Waals surface area contributed by atoms with Crippen LogP contribution in [0.15, 0.2) is 42.5 Å². The third kappa shape index (κ3) is 4.24. The van der Waals surface area contributed by atoms with Crippen LogP contribution in [0.4, 0.5) is 11.4 Å². The number of hydrogen-bond acceptors (Lipinski definition) is 3. The lowest BCUT2D eigenvalue weighted by Crippen LogP contribution is -2.25. The highest BCUT2D eigenvalue weighted by atomic mass is 35.5. The van der Waals surface area contributed by atoms with E-state index in [1.807, 2.05) is 19.1 Å². The Labute approximate surface area is 140 Å². The number of carbonyl (C=O) groups excluding carboxylic acids is 1. The monoisotopic (exact) mass is 352 g/mol. The summed E-state index contributed by atoms with van der Waals surface area (Å²) in [6.07, 6.45) is 1.07. The Morgan fingerprint density at radius 1 is 1.13 bits per heavy atom. The van der Waals surface area contributed by atoms with E-state index < -0.39 is 10.0 Å². The number of halogens is 1. The van der Waals surface area contributed by atoms with Gasteiger partial charge in [0.1, 0.15) is 0 Å². The smallest absolute Gasteiger partial charge is 0.255 e. The van der Waals surface area contributed by atoms with Crippen molar-refractivity contribution in [1.82, 2.24) is 0 Å². The fraction of sp³-hybridized carbons (Fsp3) is 0.188. The summed E-state index contributed by atoms with van der Waals surface area (Å²) in [4.78, 5) is 12.3. The minimum Gasteiger partial charge on any atom is -0.322 e. The highest BCUT2D eigenvalue weighted by Crippen LogP contribution is 2.28. The number of nitrogens with zero attached hydrogens (tertiary/aromatic N) is 1. The molecule has 2 aromatic rings. The van der Waals surface area contributed by atoms with E-state index in [1.54, 1.807) is 18.2 Å². The average Bonchev–Trinajstić information content (AvgIpc) is 2.48. The quantitative estimate of drug-likeness (QED) is 0.918. The van der Waals surface area contributed by atoms with Crippen molar-refractivity contribution in [2.24, 2.45) is 0 Å². The van der Waals surface area contributed by atoms with E-state index in [-0.39, 0.29) is 16.6 Å². The summed E-state index contributed by atoms with van der Waals surface area (Å²) in [5, 5.41) is 3.01. The van der Waals surface area contributed by atoms with Crippen LogP contribution in [0, 0.1) is 6.92 Å². The molecule has 0 radical (unpaired) electrons.